The van der Waals surface area contributed by atoms with Crippen molar-refractivity contribution in [2.75, 3.05) is 24.1 Å². The molecule has 0 amide bonds. The summed E-state index contributed by atoms with van der Waals surface area (Å²) in [5.41, 5.74) is 2.73. The number of sulfonamides is 1. The Balaban J connectivity index is 1.63. The van der Waals surface area contributed by atoms with Crippen LogP contribution in [-0.2, 0) is 27.7 Å². The van der Waals surface area contributed by atoms with Gasteiger partial charge in [-0.1, -0.05) is 32.9 Å². The summed E-state index contributed by atoms with van der Waals surface area (Å²) in [5, 5.41) is 5.53. The van der Waals surface area contributed by atoms with E-state index in [0.29, 0.717) is 29.0 Å². The van der Waals surface area contributed by atoms with Crippen molar-refractivity contribution in [2.24, 2.45) is 11.8 Å². The van der Waals surface area contributed by atoms with E-state index in [-0.39, 0.29) is 0 Å². The Morgan fingerprint density at radius 2 is 1.85 bits per heavy atom. The molecule has 1 saturated heterocycles. The fourth-order valence-electron chi connectivity index (χ4n) is 4.29. The van der Waals surface area contributed by atoms with Crippen molar-refractivity contribution in [3.63, 3.8) is 0 Å². The van der Waals surface area contributed by atoms with Crippen molar-refractivity contribution in [3.8, 4) is 0 Å². The zero-order valence-electron chi connectivity index (χ0n) is 19.9. The Hall–Kier alpha value is -2.38. The van der Waals surface area contributed by atoms with Crippen LogP contribution in [0.4, 0.5) is 5.69 Å². The van der Waals surface area contributed by atoms with Gasteiger partial charge in [-0.3, -0.25) is 8.99 Å². The van der Waals surface area contributed by atoms with Gasteiger partial charge in [0.05, 0.1) is 16.1 Å². The molecule has 0 aliphatic carbocycles. The van der Waals surface area contributed by atoms with Crippen LogP contribution >= 0.6 is 0 Å². The number of hydrogen-bond acceptors (Lipinski definition) is 4. The SMILES string of the molecule is CCc1ccc(N(CCC(C)C)S(=O)(=O)c2ccc3nn(CC4CCOCC4)cc3c2)cc1. The molecule has 2 heterocycles. The molecular weight excluding hydrogens is 434 g/mol. The Kier molecular flexibility index (Phi) is 7.39. The summed E-state index contributed by atoms with van der Waals surface area (Å²) in [4.78, 5) is 0.309. The van der Waals surface area contributed by atoms with Crippen molar-refractivity contribution in [2.45, 2.75) is 57.9 Å². The lowest BCUT2D eigenvalue weighted by molar-refractivity contribution is 0.0602. The van der Waals surface area contributed by atoms with Gasteiger partial charge in [0.25, 0.3) is 10.0 Å². The lowest BCUT2D eigenvalue weighted by Gasteiger charge is -2.25. The van der Waals surface area contributed by atoms with Gasteiger partial charge in [-0.05, 0) is 73.4 Å². The van der Waals surface area contributed by atoms with Gasteiger partial charge in [-0.2, -0.15) is 5.10 Å². The van der Waals surface area contributed by atoms with Crippen LogP contribution in [0.25, 0.3) is 10.9 Å². The molecule has 0 radical (unpaired) electrons. The number of rotatable bonds is 9. The molecule has 1 aromatic heterocycles. The lowest BCUT2D eigenvalue weighted by Crippen LogP contribution is -2.32. The molecule has 0 saturated carbocycles. The van der Waals surface area contributed by atoms with Crippen LogP contribution in [0.15, 0.2) is 53.6 Å². The zero-order valence-corrected chi connectivity index (χ0v) is 20.7. The molecule has 0 bridgehead atoms. The first kappa shape index (κ1) is 23.8. The van der Waals surface area contributed by atoms with Crippen molar-refractivity contribution >= 4 is 26.6 Å². The van der Waals surface area contributed by atoms with Crippen molar-refractivity contribution < 1.29 is 13.2 Å². The van der Waals surface area contributed by atoms with Crippen molar-refractivity contribution in [1.82, 2.24) is 9.78 Å². The number of anilines is 1. The maximum Gasteiger partial charge on any atom is 0.264 e. The van der Waals surface area contributed by atoms with Gasteiger partial charge in [-0.25, -0.2) is 8.42 Å². The van der Waals surface area contributed by atoms with Crippen LogP contribution < -0.4 is 4.31 Å². The van der Waals surface area contributed by atoms with Gasteiger partial charge in [0.1, 0.15) is 0 Å². The third-order valence-corrected chi connectivity index (χ3v) is 8.26. The minimum absolute atomic E-state index is 0.309. The largest absolute Gasteiger partial charge is 0.381 e. The fourth-order valence-corrected chi connectivity index (χ4v) is 5.81. The first-order valence-corrected chi connectivity index (χ1v) is 13.5. The molecule has 0 unspecified atom stereocenters. The summed E-state index contributed by atoms with van der Waals surface area (Å²) in [6.07, 6.45) is 5.76. The monoisotopic (exact) mass is 469 g/mol. The van der Waals surface area contributed by atoms with Gasteiger partial charge in [-0.15, -0.1) is 0 Å². The van der Waals surface area contributed by atoms with Gasteiger partial charge in [0.2, 0.25) is 0 Å². The first-order chi connectivity index (χ1) is 15.9. The topological polar surface area (TPSA) is 64.4 Å². The van der Waals surface area contributed by atoms with E-state index in [1.54, 1.807) is 16.4 Å². The van der Waals surface area contributed by atoms with Crippen LogP contribution in [-0.4, -0.2) is 38.0 Å². The van der Waals surface area contributed by atoms with E-state index in [1.807, 2.05) is 41.2 Å². The molecule has 7 heteroatoms. The van der Waals surface area contributed by atoms with Gasteiger partial charge in [0, 0.05) is 37.9 Å². The molecule has 1 fully saturated rings. The van der Waals surface area contributed by atoms with Gasteiger partial charge in [0.15, 0.2) is 0 Å². The smallest absolute Gasteiger partial charge is 0.264 e. The number of ether oxygens (including phenoxy) is 1. The number of nitrogens with zero attached hydrogens (tertiary/aromatic N) is 3. The third-order valence-electron chi connectivity index (χ3n) is 6.44. The molecule has 4 rings (SSSR count). The standard InChI is InChI=1S/C26H35N3O3S/c1-4-21-5-7-24(8-6-21)29(14-11-20(2)3)33(30,31)25-9-10-26-23(17-25)19-28(27-26)18-22-12-15-32-16-13-22/h5-10,17,19-20,22H,4,11-16,18H2,1-3H3. The zero-order chi connectivity index (χ0) is 23.4. The Labute approximate surface area is 197 Å². The van der Waals surface area contributed by atoms with E-state index in [9.17, 15) is 8.42 Å². The maximum absolute atomic E-state index is 13.8. The number of aryl methyl sites for hydroxylation is 1. The van der Waals surface area contributed by atoms with E-state index >= 15 is 0 Å². The highest BCUT2D eigenvalue weighted by Crippen LogP contribution is 2.28. The molecule has 0 atom stereocenters. The Bertz CT molecular complexity index is 1160. The average Bonchev–Trinajstić information content (AvgIpc) is 3.21. The van der Waals surface area contributed by atoms with E-state index < -0.39 is 10.0 Å². The van der Waals surface area contributed by atoms with Crippen molar-refractivity contribution in [3.05, 3.63) is 54.2 Å². The van der Waals surface area contributed by atoms with E-state index in [4.69, 9.17) is 4.74 Å². The predicted octanol–water partition coefficient (Wildman–Crippen LogP) is 5.27. The number of aromatic nitrogens is 2. The maximum atomic E-state index is 13.8. The summed E-state index contributed by atoms with van der Waals surface area (Å²) in [5.74, 6) is 0.956. The summed E-state index contributed by atoms with van der Waals surface area (Å²) < 4.78 is 36.5. The summed E-state index contributed by atoms with van der Waals surface area (Å²) in [6, 6.07) is 13.1. The van der Waals surface area contributed by atoms with Crippen LogP contribution in [0.1, 0.15) is 45.6 Å². The average molecular weight is 470 g/mol. The molecular formula is C26H35N3O3S. The molecule has 1 aliphatic rings. The number of hydrogen-bond donors (Lipinski definition) is 0. The molecule has 0 N–H and O–H groups in total. The highest BCUT2D eigenvalue weighted by molar-refractivity contribution is 7.92. The molecule has 3 aromatic rings. The summed E-state index contributed by atoms with van der Waals surface area (Å²) in [7, 11) is -3.70. The summed E-state index contributed by atoms with van der Waals surface area (Å²) in [6.45, 7) is 9.23. The molecule has 0 spiro atoms. The second-order valence-electron chi connectivity index (χ2n) is 9.41. The lowest BCUT2D eigenvalue weighted by atomic mass is 10.0. The molecule has 2 aromatic carbocycles. The molecule has 6 nitrogen and oxygen atoms in total. The van der Waals surface area contributed by atoms with Gasteiger partial charge >= 0.3 is 0 Å². The predicted molar refractivity (Wildman–Crippen MR) is 133 cm³/mol. The normalized spacial score (nSPS) is 15.4. The number of fused-ring (bicyclic) bond motifs is 1. The van der Waals surface area contributed by atoms with E-state index in [0.717, 1.165) is 56.3 Å². The van der Waals surface area contributed by atoms with E-state index in [2.05, 4.69) is 25.9 Å². The van der Waals surface area contributed by atoms with Crippen LogP contribution in [0, 0.1) is 11.8 Å². The van der Waals surface area contributed by atoms with Crippen LogP contribution in [0.3, 0.4) is 0 Å². The minimum atomic E-state index is -3.70. The van der Waals surface area contributed by atoms with Crippen LogP contribution in [0.2, 0.25) is 0 Å². The second-order valence-corrected chi connectivity index (χ2v) is 11.3. The number of benzene rings is 2. The van der Waals surface area contributed by atoms with E-state index in [1.165, 1.54) is 5.56 Å². The quantitative estimate of drug-likeness (QED) is 0.428. The first-order valence-electron chi connectivity index (χ1n) is 12.0. The highest BCUT2D eigenvalue weighted by Gasteiger charge is 2.26. The fraction of sp³-hybridized carbons (Fsp3) is 0.500. The molecule has 178 valence electrons. The molecule has 1 aliphatic heterocycles. The Morgan fingerprint density at radius 3 is 2.52 bits per heavy atom. The third kappa shape index (κ3) is 5.58. The van der Waals surface area contributed by atoms with Crippen LogP contribution in [0.5, 0.6) is 0 Å². The minimum Gasteiger partial charge on any atom is -0.381 e. The second kappa shape index (κ2) is 10.3. The Morgan fingerprint density at radius 1 is 1.12 bits per heavy atom. The molecule has 33 heavy (non-hydrogen) atoms. The van der Waals surface area contributed by atoms with Gasteiger partial charge < -0.3 is 4.74 Å². The van der Waals surface area contributed by atoms with Crippen molar-refractivity contribution in [1.29, 1.82) is 0 Å². The highest BCUT2D eigenvalue weighted by atomic mass is 32.2. The summed E-state index contributed by atoms with van der Waals surface area (Å²) >= 11 is 0.